The van der Waals surface area contributed by atoms with Gasteiger partial charge in [-0.2, -0.15) is 0 Å². The number of aryl methyl sites for hydroxylation is 1. The van der Waals surface area contributed by atoms with Gasteiger partial charge in [0.05, 0.1) is 23.9 Å². The first-order chi connectivity index (χ1) is 12.0. The van der Waals surface area contributed by atoms with E-state index in [-0.39, 0.29) is 25.0 Å². The van der Waals surface area contributed by atoms with Crippen LogP contribution in [-0.4, -0.2) is 41.2 Å². The molecule has 0 bridgehead atoms. The number of nitrogens with one attached hydrogen (secondary N) is 2. The Hall–Kier alpha value is -3.23. The largest absolute Gasteiger partial charge is 0.456 e. The van der Waals surface area contributed by atoms with Crippen LogP contribution in [0.1, 0.15) is 19.2 Å². The number of benzene rings is 1. The molecule has 25 heavy (non-hydrogen) atoms. The number of aromatic nitrogens is 2. The van der Waals surface area contributed by atoms with Gasteiger partial charge in [-0.25, -0.2) is 9.78 Å². The van der Waals surface area contributed by atoms with E-state index in [4.69, 9.17) is 4.74 Å². The van der Waals surface area contributed by atoms with E-state index in [0.29, 0.717) is 16.7 Å². The Labute approximate surface area is 142 Å². The quantitative estimate of drug-likeness (QED) is 0.735. The highest BCUT2D eigenvalue weighted by atomic mass is 16.6. The maximum absolute atomic E-state index is 11.9. The van der Waals surface area contributed by atoms with Gasteiger partial charge in [-0.1, -0.05) is 12.1 Å². The zero-order valence-corrected chi connectivity index (χ0v) is 13.5. The van der Waals surface area contributed by atoms with Gasteiger partial charge >= 0.3 is 12.1 Å². The molecule has 0 spiro atoms. The summed E-state index contributed by atoms with van der Waals surface area (Å²) < 4.78 is 9.26. The lowest BCUT2D eigenvalue weighted by atomic mass is 10.2. The number of para-hydroxylation sites is 1. The van der Waals surface area contributed by atoms with E-state index in [0.717, 1.165) is 0 Å². The van der Waals surface area contributed by atoms with Gasteiger partial charge in [0.15, 0.2) is 6.61 Å². The van der Waals surface area contributed by atoms with E-state index in [1.165, 1.54) is 0 Å². The number of fused-ring (bicyclic) bond motifs is 1. The Morgan fingerprint density at radius 3 is 2.72 bits per heavy atom. The third-order valence-corrected chi connectivity index (χ3v) is 3.11. The molecule has 1 aromatic heterocycles. The van der Waals surface area contributed by atoms with Crippen molar-refractivity contribution in [2.75, 3.05) is 13.2 Å². The van der Waals surface area contributed by atoms with Crippen LogP contribution in [-0.2, 0) is 25.5 Å². The minimum Gasteiger partial charge on any atom is -0.456 e. The van der Waals surface area contributed by atoms with Crippen LogP contribution >= 0.6 is 0 Å². The van der Waals surface area contributed by atoms with E-state index in [2.05, 4.69) is 14.7 Å². The summed E-state index contributed by atoms with van der Waals surface area (Å²) in [6.07, 6.45) is -0.826. The number of carbonyl (C=O) groups excluding carboxylic acids is 3. The first-order valence-electron chi connectivity index (χ1n) is 7.59. The van der Waals surface area contributed by atoms with Crippen molar-refractivity contribution in [3.63, 3.8) is 0 Å². The number of hydrogen-bond donors (Lipinski definition) is 2. The lowest BCUT2D eigenvalue weighted by Gasteiger charge is -2.06. The predicted octanol–water partition coefficient (Wildman–Crippen LogP) is 0.672. The van der Waals surface area contributed by atoms with Gasteiger partial charge in [-0.05, 0) is 19.1 Å². The molecule has 2 amide bonds. The second kappa shape index (κ2) is 8.57. The average Bonchev–Trinajstić information content (AvgIpc) is 2.58. The number of rotatable bonds is 6. The van der Waals surface area contributed by atoms with Crippen molar-refractivity contribution in [1.29, 1.82) is 0 Å². The molecule has 0 unspecified atom stereocenters. The predicted molar refractivity (Wildman–Crippen MR) is 86.8 cm³/mol. The van der Waals surface area contributed by atoms with Crippen LogP contribution in [0, 0.1) is 0 Å². The van der Waals surface area contributed by atoms with E-state index in [9.17, 15) is 19.2 Å². The zero-order chi connectivity index (χ0) is 18.2. The summed E-state index contributed by atoms with van der Waals surface area (Å²) in [5.74, 6) is -1.10. The molecule has 9 heteroatoms. The van der Waals surface area contributed by atoms with E-state index >= 15 is 0 Å². The minimum atomic E-state index is -0.901. The van der Waals surface area contributed by atoms with Gasteiger partial charge in [0.1, 0.15) is 5.82 Å². The van der Waals surface area contributed by atoms with Gasteiger partial charge in [0, 0.05) is 6.42 Å². The highest BCUT2D eigenvalue weighted by Crippen LogP contribution is 2.06. The number of esters is 1. The summed E-state index contributed by atoms with van der Waals surface area (Å²) in [5, 5.41) is 2.36. The summed E-state index contributed by atoms with van der Waals surface area (Å²) in [5.41, 5.74) is 0.242. The first kappa shape index (κ1) is 18.1. The van der Waals surface area contributed by atoms with Crippen LogP contribution < -0.4 is 10.9 Å². The third-order valence-electron chi connectivity index (χ3n) is 3.11. The highest BCUT2D eigenvalue weighted by Gasteiger charge is 2.12. The average molecular weight is 347 g/mol. The molecule has 0 radical (unpaired) electrons. The van der Waals surface area contributed by atoms with E-state index in [1.807, 2.05) is 5.32 Å². The van der Waals surface area contributed by atoms with Gasteiger partial charge in [0.25, 0.3) is 11.5 Å². The van der Waals surface area contributed by atoms with Crippen molar-refractivity contribution >= 4 is 28.9 Å². The molecule has 0 aliphatic heterocycles. The van der Waals surface area contributed by atoms with Crippen LogP contribution in [0.3, 0.4) is 0 Å². The number of amides is 2. The number of alkyl carbamates (subject to hydrolysis) is 1. The molecule has 132 valence electrons. The molecule has 1 aromatic carbocycles. The maximum atomic E-state index is 11.9. The summed E-state index contributed by atoms with van der Waals surface area (Å²) in [6, 6.07) is 6.85. The lowest BCUT2D eigenvalue weighted by Crippen LogP contribution is -2.34. The second-order valence-corrected chi connectivity index (χ2v) is 4.96. The van der Waals surface area contributed by atoms with Crippen LogP contribution in [0.5, 0.6) is 0 Å². The number of aromatic amines is 1. The molecule has 0 aliphatic rings. The highest BCUT2D eigenvalue weighted by molar-refractivity contribution is 5.93. The van der Waals surface area contributed by atoms with Crippen molar-refractivity contribution in [2.24, 2.45) is 0 Å². The number of carbonyl (C=O) groups is 3. The molecule has 0 saturated carbocycles. The fraction of sp³-hybridized carbons (Fsp3) is 0.312. The number of H-pyrrole nitrogens is 1. The van der Waals surface area contributed by atoms with Gasteiger partial charge in [-0.15, -0.1) is 0 Å². The van der Waals surface area contributed by atoms with E-state index in [1.54, 1.807) is 31.2 Å². The Bertz CT molecular complexity index is 845. The Morgan fingerprint density at radius 1 is 1.20 bits per heavy atom. The molecule has 0 atom stereocenters. The van der Waals surface area contributed by atoms with Gasteiger partial charge in [-0.3, -0.25) is 19.7 Å². The maximum Gasteiger partial charge on any atom is 0.413 e. The normalized spacial score (nSPS) is 10.3. The van der Waals surface area contributed by atoms with Crippen molar-refractivity contribution in [1.82, 2.24) is 15.3 Å². The number of nitrogens with zero attached hydrogens (tertiary/aromatic N) is 1. The van der Waals surface area contributed by atoms with Gasteiger partial charge < -0.3 is 14.5 Å². The van der Waals surface area contributed by atoms with E-state index < -0.39 is 24.6 Å². The third kappa shape index (κ3) is 5.41. The number of hydrogen-bond acceptors (Lipinski definition) is 7. The molecule has 2 N–H and O–H groups in total. The van der Waals surface area contributed by atoms with Crippen molar-refractivity contribution in [3.8, 4) is 0 Å². The van der Waals surface area contributed by atoms with Crippen LogP contribution in [0.25, 0.3) is 10.9 Å². The Kier molecular flexibility index (Phi) is 6.21. The minimum absolute atomic E-state index is 0.0754. The van der Waals surface area contributed by atoms with Gasteiger partial charge in [0.2, 0.25) is 0 Å². The van der Waals surface area contributed by atoms with Crippen LogP contribution in [0.4, 0.5) is 4.79 Å². The second-order valence-electron chi connectivity index (χ2n) is 4.96. The number of imide groups is 1. The van der Waals surface area contributed by atoms with Crippen molar-refractivity contribution < 1.29 is 23.9 Å². The van der Waals surface area contributed by atoms with Crippen LogP contribution in [0.15, 0.2) is 29.1 Å². The lowest BCUT2D eigenvalue weighted by molar-refractivity contribution is -0.148. The molecule has 9 nitrogen and oxygen atoms in total. The zero-order valence-electron chi connectivity index (χ0n) is 13.5. The molecular formula is C16H17N3O6. The fourth-order valence-corrected chi connectivity index (χ4v) is 2.01. The molecule has 0 fully saturated rings. The number of ether oxygens (including phenoxy) is 2. The first-order valence-corrected chi connectivity index (χ1v) is 7.59. The molecule has 2 aromatic rings. The Balaban J connectivity index is 1.83. The molecule has 2 rings (SSSR count). The standard InChI is InChI=1S/C16H17N3O6/c1-2-24-16(23)19-13(20)9-25-14(21)8-7-12-17-11-6-4-3-5-10(11)15(22)18-12/h3-6H,2,7-9H2,1H3,(H,17,18,22)(H,19,20,23). The molecular weight excluding hydrogens is 330 g/mol. The fourth-order valence-electron chi connectivity index (χ4n) is 2.01. The summed E-state index contributed by atoms with van der Waals surface area (Å²) in [4.78, 5) is 52.8. The van der Waals surface area contributed by atoms with Crippen molar-refractivity contribution in [3.05, 3.63) is 40.4 Å². The summed E-state index contributed by atoms with van der Waals surface area (Å²) in [6.45, 7) is 1.12. The monoisotopic (exact) mass is 347 g/mol. The molecule has 1 heterocycles. The summed E-state index contributed by atoms with van der Waals surface area (Å²) >= 11 is 0. The molecule has 0 saturated heterocycles. The smallest absolute Gasteiger partial charge is 0.413 e. The topological polar surface area (TPSA) is 127 Å². The van der Waals surface area contributed by atoms with Crippen molar-refractivity contribution in [2.45, 2.75) is 19.8 Å². The summed E-state index contributed by atoms with van der Waals surface area (Å²) in [7, 11) is 0. The van der Waals surface area contributed by atoms with Crippen LogP contribution in [0.2, 0.25) is 0 Å². The molecule has 0 aliphatic carbocycles. The SMILES string of the molecule is CCOC(=O)NC(=O)COC(=O)CCc1nc2ccccc2c(=O)[nH]1. The Morgan fingerprint density at radius 2 is 1.96 bits per heavy atom.